The summed E-state index contributed by atoms with van der Waals surface area (Å²) < 4.78 is 54.4. The summed E-state index contributed by atoms with van der Waals surface area (Å²) in [5.41, 5.74) is -0.657. The van der Waals surface area contributed by atoms with Gasteiger partial charge in [-0.1, -0.05) is 39.8 Å². The van der Waals surface area contributed by atoms with Crippen LogP contribution in [0.25, 0.3) is 0 Å². The lowest BCUT2D eigenvalue weighted by Crippen LogP contribution is -2.51. The van der Waals surface area contributed by atoms with Gasteiger partial charge >= 0.3 is 0 Å². The molecule has 0 aliphatic heterocycles. The molecule has 0 saturated carbocycles. The van der Waals surface area contributed by atoms with Crippen molar-refractivity contribution in [2.75, 3.05) is 72.1 Å². The summed E-state index contributed by atoms with van der Waals surface area (Å²) >= 11 is 0. The number of ketones is 2. The highest BCUT2D eigenvalue weighted by molar-refractivity contribution is 7.85. The van der Waals surface area contributed by atoms with Gasteiger partial charge in [0, 0.05) is 25.6 Å². The fraction of sp³-hybridized carbons (Fsp3) is 0.882. The summed E-state index contributed by atoms with van der Waals surface area (Å²) in [5, 5.41) is 9.38. The van der Waals surface area contributed by atoms with Crippen molar-refractivity contribution in [1.29, 1.82) is 0 Å². The second-order valence-corrected chi connectivity index (χ2v) is 15.6. The number of carbonyl (C=O) groups is 2. The number of hydrogen-bond donors (Lipinski definition) is 4. The molecule has 0 bridgehead atoms. The highest BCUT2D eigenvalue weighted by Crippen LogP contribution is 2.35. The van der Waals surface area contributed by atoms with E-state index >= 15 is 0 Å². The molecule has 0 heterocycles. The standard InChI is InChI=1S/C34H67N3O9S/c1-12-33(9,29(38)15-14-28(35-11)25-47(40,41)42)36-16-18-43-20-21-45-24-30(39)34(10,13-2)37-17-19-44-22-23-46-32(7,8)26-31(5,6)27(3)4/h28,35-37H,3,12-26H2,1-2,4-11H3,(H,40,41,42). The first-order chi connectivity index (χ1) is 21.7. The van der Waals surface area contributed by atoms with E-state index in [1.165, 1.54) is 0 Å². The van der Waals surface area contributed by atoms with Crippen molar-refractivity contribution in [3.8, 4) is 0 Å². The molecule has 0 saturated heterocycles. The van der Waals surface area contributed by atoms with Crippen LogP contribution in [0, 0.1) is 5.41 Å². The summed E-state index contributed by atoms with van der Waals surface area (Å²) in [5.74, 6) is -0.520. The van der Waals surface area contributed by atoms with Crippen LogP contribution in [0.3, 0.4) is 0 Å². The minimum atomic E-state index is -4.13. The Morgan fingerprint density at radius 2 is 1.30 bits per heavy atom. The predicted octanol–water partition coefficient (Wildman–Crippen LogP) is 3.73. The summed E-state index contributed by atoms with van der Waals surface area (Å²) in [7, 11) is -2.53. The van der Waals surface area contributed by atoms with Gasteiger partial charge in [-0.3, -0.25) is 14.1 Å². The van der Waals surface area contributed by atoms with E-state index in [-0.39, 0.29) is 42.2 Å². The van der Waals surface area contributed by atoms with Crippen LogP contribution >= 0.6 is 0 Å². The van der Waals surface area contributed by atoms with Crippen LogP contribution in [0.4, 0.5) is 0 Å². The van der Waals surface area contributed by atoms with E-state index in [0.717, 1.165) is 12.0 Å². The second kappa shape index (κ2) is 21.7. The Balaban J connectivity index is 4.27. The third-order valence-electron chi connectivity index (χ3n) is 9.06. The minimum Gasteiger partial charge on any atom is -0.378 e. The van der Waals surface area contributed by atoms with Gasteiger partial charge < -0.3 is 34.9 Å². The summed E-state index contributed by atoms with van der Waals surface area (Å²) in [4.78, 5) is 25.7. The average Bonchev–Trinajstić information content (AvgIpc) is 2.98. The smallest absolute Gasteiger partial charge is 0.266 e. The lowest BCUT2D eigenvalue weighted by molar-refractivity contribution is -0.130. The van der Waals surface area contributed by atoms with Crippen LogP contribution in [-0.4, -0.2) is 119 Å². The van der Waals surface area contributed by atoms with Crippen molar-refractivity contribution in [2.24, 2.45) is 5.41 Å². The fourth-order valence-corrected chi connectivity index (χ4v) is 5.92. The van der Waals surface area contributed by atoms with Gasteiger partial charge in [0.2, 0.25) is 0 Å². The first-order valence-electron chi connectivity index (χ1n) is 16.9. The molecule has 0 aliphatic carbocycles. The number of carbonyl (C=O) groups excluding carboxylic acids is 2. The number of nitrogens with one attached hydrogen (secondary N) is 3. The molecule has 13 heteroatoms. The Labute approximate surface area is 285 Å². The van der Waals surface area contributed by atoms with Crippen LogP contribution in [0.1, 0.15) is 94.4 Å². The maximum absolute atomic E-state index is 12.9. The van der Waals surface area contributed by atoms with Gasteiger partial charge in [-0.15, -0.1) is 0 Å². The molecular weight excluding hydrogens is 626 g/mol. The Bertz CT molecular complexity index is 1050. The molecule has 0 aromatic heterocycles. The van der Waals surface area contributed by atoms with Crippen LogP contribution in [-0.2, 0) is 38.7 Å². The number of ether oxygens (including phenoxy) is 4. The molecule has 0 aliphatic rings. The number of Topliss-reactive ketones (excluding diaryl/α,β-unsaturated/α-hetero) is 2. The first kappa shape index (κ1) is 45.7. The van der Waals surface area contributed by atoms with Gasteiger partial charge in [0.25, 0.3) is 10.1 Å². The highest BCUT2D eigenvalue weighted by Gasteiger charge is 2.32. The predicted molar refractivity (Wildman–Crippen MR) is 188 cm³/mol. The van der Waals surface area contributed by atoms with E-state index in [2.05, 4.69) is 50.2 Å². The molecule has 0 rings (SSSR count). The van der Waals surface area contributed by atoms with Gasteiger partial charge in [-0.2, -0.15) is 8.42 Å². The topological polar surface area (TPSA) is 162 Å². The second-order valence-electron chi connectivity index (χ2n) is 14.1. The molecule has 47 heavy (non-hydrogen) atoms. The molecule has 3 unspecified atom stereocenters. The van der Waals surface area contributed by atoms with Crippen molar-refractivity contribution >= 4 is 21.7 Å². The highest BCUT2D eigenvalue weighted by atomic mass is 32.2. The molecule has 0 fully saturated rings. The fourth-order valence-electron chi connectivity index (χ4n) is 5.08. The van der Waals surface area contributed by atoms with Crippen LogP contribution < -0.4 is 16.0 Å². The number of hydrogen-bond acceptors (Lipinski definition) is 11. The molecule has 278 valence electrons. The molecule has 0 aromatic carbocycles. The zero-order valence-corrected chi connectivity index (χ0v) is 31.8. The number of allylic oxidation sites excluding steroid dienone is 1. The third kappa shape index (κ3) is 19.5. The van der Waals surface area contributed by atoms with Crippen LogP contribution in [0.15, 0.2) is 12.2 Å². The van der Waals surface area contributed by atoms with E-state index in [0.29, 0.717) is 65.4 Å². The first-order valence-corrected chi connectivity index (χ1v) is 18.5. The third-order valence-corrected chi connectivity index (χ3v) is 9.88. The van der Waals surface area contributed by atoms with Gasteiger partial charge in [0.05, 0.1) is 62.1 Å². The maximum atomic E-state index is 12.9. The maximum Gasteiger partial charge on any atom is 0.266 e. The normalized spacial score (nSPS) is 16.0. The summed E-state index contributed by atoms with van der Waals surface area (Å²) in [6.45, 7) is 25.5. The van der Waals surface area contributed by atoms with Crippen LogP contribution in [0.5, 0.6) is 0 Å². The molecule has 12 nitrogen and oxygen atoms in total. The molecule has 3 atom stereocenters. The number of rotatable bonds is 30. The molecule has 0 aromatic rings. The summed E-state index contributed by atoms with van der Waals surface area (Å²) in [6, 6.07) is -0.510. The Hall–Kier alpha value is -1.29. The van der Waals surface area contributed by atoms with Crippen molar-refractivity contribution in [1.82, 2.24) is 16.0 Å². The van der Waals surface area contributed by atoms with Gasteiger partial charge in [-0.25, -0.2) is 0 Å². The Morgan fingerprint density at radius 1 is 0.809 bits per heavy atom. The Kier molecular flexibility index (Phi) is 21.1. The Morgan fingerprint density at radius 3 is 1.77 bits per heavy atom. The van der Waals surface area contributed by atoms with Crippen molar-refractivity contribution in [3.63, 3.8) is 0 Å². The quantitative estimate of drug-likeness (QED) is 0.0491. The largest absolute Gasteiger partial charge is 0.378 e. The van der Waals surface area contributed by atoms with E-state index in [1.807, 2.05) is 34.6 Å². The van der Waals surface area contributed by atoms with Crippen molar-refractivity contribution in [3.05, 3.63) is 12.2 Å². The van der Waals surface area contributed by atoms with Crippen LogP contribution in [0.2, 0.25) is 0 Å². The van der Waals surface area contributed by atoms with Crippen molar-refractivity contribution < 1.29 is 41.5 Å². The van der Waals surface area contributed by atoms with Gasteiger partial charge in [-0.05, 0) is 72.8 Å². The SMILES string of the molecule is C=C(C)C(C)(C)CC(C)(C)OCCOCCNC(C)(CC)C(=O)COCCOCCNC(C)(CC)C(=O)CCC(CS(=O)(=O)O)NC. The van der Waals surface area contributed by atoms with Gasteiger partial charge in [0.1, 0.15) is 6.61 Å². The molecule has 0 amide bonds. The molecule has 0 spiro atoms. The van der Waals surface area contributed by atoms with Gasteiger partial charge in [0.15, 0.2) is 11.6 Å². The van der Waals surface area contributed by atoms with E-state index in [4.69, 9.17) is 23.5 Å². The lowest BCUT2D eigenvalue weighted by Gasteiger charge is -2.35. The molecule has 4 N–H and O–H groups in total. The van der Waals surface area contributed by atoms with E-state index in [9.17, 15) is 18.0 Å². The van der Waals surface area contributed by atoms with E-state index < -0.39 is 33.0 Å². The molecule has 0 radical (unpaired) electrons. The average molecular weight is 694 g/mol. The molecular formula is C34H67N3O9S. The minimum absolute atomic E-state index is 0.00167. The monoisotopic (exact) mass is 693 g/mol. The summed E-state index contributed by atoms with van der Waals surface area (Å²) in [6.07, 6.45) is 2.49. The van der Waals surface area contributed by atoms with Crippen molar-refractivity contribution in [2.45, 2.75) is 117 Å². The zero-order chi connectivity index (χ0) is 36.4. The lowest BCUT2D eigenvalue weighted by atomic mass is 9.77. The van der Waals surface area contributed by atoms with E-state index in [1.54, 1.807) is 7.05 Å². The zero-order valence-electron chi connectivity index (χ0n) is 31.0.